The summed E-state index contributed by atoms with van der Waals surface area (Å²) in [4.78, 5) is 4.47. The molecule has 2 aromatic heterocycles. The second-order valence-electron chi connectivity index (χ2n) is 4.59. The van der Waals surface area contributed by atoms with E-state index in [1.54, 1.807) is 0 Å². The van der Waals surface area contributed by atoms with Gasteiger partial charge in [0.1, 0.15) is 5.82 Å². The third-order valence-electron chi connectivity index (χ3n) is 3.18. The van der Waals surface area contributed by atoms with Crippen LogP contribution in [0.15, 0.2) is 49.1 Å². The molecule has 3 rings (SSSR count). The van der Waals surface area contributed by atoms with Crippen molar-refractivity contribution in [1.82, 2.24) is 19.3 Å². The Morgan fingerprint density at radius 3 is 2.70 bits per heavy atom. The fourth-order valence-corrected chi connectivity index (χ4v) is 2.51. The molecule has 3 aromatic rings. The van der Waals surface area contributed by atoms with Gasteiger partial charge in [-0.1, -0.05) is 12.1 Å². The van der Waals surface area contributed by atoms with E-state index in [4.69, 9.17) is 0 Å². The summed E-state index contributed by atoms with van der Waals surface area (Å²) in [5, 5.41) is 4.31. The number of aromatic nitrogens is 4. The van der Waals surface area contributed by atoms with Gasteiger partial charge < -0.3 is 4.57 Å². The normalized spacial score (nSPS) is 10.9. The van der Waals surface area contributed by atoms with Crippen LogP contribution in [0.2, 0.25) is 0 Å². The van der Waals surface area contributed by atoms with E-state index in [0.29, 0.717) is 0 Å². The van der Waals surface area contributed by atoms with E-state index in [0.717, 1.165) is 24.5 Å². The van der Waals surface area contributed by atoms with Gasteiger partial charge in [0, 0.05) is 39.8 Å². The maximum Gasteiger partial charge on any atom is 0.140 e. The fraction of sp³-hybridized carbons (Fsp3) is 0.200. The second kappa shape index (κ2) is 5.78. The summed E-state index contributed by atoms with van der Waals surface area (Å²) in [5.41, 5.74) is 2.33. The molecule has 0 aliphatic rings. The smallest absolute Gasteiger partial charge is 0.140 e. The van der Waals surface area contributed by atoms with Crippen molar-refractivity contribution in [2.45, 2.75) is 20.0 Å². The summed E-state index contributed by atoms with van der Waals surface area (Å²) in [6.45, 7) is 3.78. The van der Waals surface area contributed by atoms with Gasteiger partial charge in [0.25, 0.3) is 0 Å². The Balaban J connectivity index is 1.88. The molecule has 0 atom stereocenters. The van der Waals surface area contributed by atoms with E-state index in [1.165, 1.54) is 9.13 Å². The first kappa shape index (κ1) is 13.4. The third-order valence-corrected chi connectivity index (χ3v) is 3.90. The van der Waals surface area contributed by atoms with Crippen LogP contribution in [0.3, 0.4) is 0 Å². The van der Waals surface area contributed by atoms with E-state index < -0.39 is 0 Å². The first-order valence-corrected chi connectivity index (χ1v) is 7.62. The van der Waals surface area contributed by atoms with E-state index in [1.807, 2.05) is 23.3 Å². The van der Waals surface area contributed by atoms with E-state index in [2.05, 4.69) is 74.6 Å². The van der Waals surface area contributed by atoms with Gasteiger partial charge in [0.15, 0.2) is 0 Å². The zero-order valence-corrected chi connectivity index (χ0v) is 13.4. The first-order chi connectivity index (χ1) is 9.76. The van der Waals surface area contributed by atoms with Crippen molar-refractivity contribution in [3.8, 4) is 11.4 Å². The van der Waals surface area contributed by atoms with Gasteiger partial charge in [-0.2, -0.15) is 5.10 Å². The Morgan fingerprint density at radius 1 is 1.20 bits per heavy atom. The molecule has 0 aliphatic carbocycles. The van der Waals surface area contributed by atoms with Gasteiger partial charge in [-0.3, -0.25) is 4.68 Å². The van der Waals surface area contributed by atoms with Crippen LogP contribution in [0, 0.1) is 3.57 Å². The number of halogens is 1. The minimum Gasteiger partial charge on any atom is -0.326 e. The molecule has 20 heavy (non-hydrogen) atoms. The minimum atomic E-state index is 0.793. The topological polar surface area (TPSA) is 35.6 Å². The average Bonchev–Trinajstić information content (AvgIpc) is 3.09. The molecule has 0 aliphatic heterocycles. The first-order valence-electron chi connectivity index (χ1n) is 6.54. The van der Waals surface area contributed by atoms with Gasteiger partial charge in [-0.25, -0.2) is 4.98 Å². The average molecular weight is 378 g/mol. The summed E-state index contributed by atoms with van der Waals surface area (Å²) in [5.74, 6) is 0.991. The van der Waals surface area contributed by atoms with Crippen molar-refractivity contribution >= 4 is 22.6 Å². The van der Waals surface area contributed by atoms with Crippen molar-refractivity contribution in [2.24, 2.45) is 0 Å². The highest BCUT2D eigenvalue weighted by atomic mass is 127. The van der Waals surface area contributed by atoms with Crippen molar-refractivity contribution < 1.29 is 0 Å². The quantitative estimate of drug-likeness (QED) is 0.653. The summed E-state index contributed by atoms with van der Waals surface area (Å²) in [6.07, 6.45) is 7.85. The Labute approximate surface area is 131 Å². The van der Waals surface area contributed by atoms with Gasteiger partial charge in [0.05, 0.1) is 12.7 Å². The number of benzene rings is 1. The third kappa shape index (κ3) is 2.77. The second-order valence-corrected chi connectivity index (χ2v) is 5.84. The lowest BCUT2D eigenvalue weighted by Gasteiger charge is -2.06. The van der Waals surface area contributed by atoms with Crippen LogP contribution in [0.4, 0.5) is 0 Å². The van der Waals surface area contributed by atoms with Gasteiger partial charge >= 0.3 is 0 Å². The number of aryl methyl sites for hydroxylation is 1. The fourth-order valence-electron chi connectivity index (χ4n) is 2.15. The largest absolute Gasteiger partial charge is 0.326 e. The number of nitrogens with zero attached hydrogens (tertiary/aromatic N) is 4. The molecule has 0 radical (unpaired) electrons. The summed E-state index contributed by atoms with van der Waals surface area (Å²) < 4.78 is 5.32. The molecule has 0 amide bonds. The van der Waals surface area contributed by atoms with Crippen molar-refractivity contribution in [3.05, 3.63) is 58.2 Å². The molecule has 102 valence electrons. The molecular weight excluding hydrogens is 363 g/mol. The van der Waals surface area contributed by atoms with Crippen LogP contribution in [0.25, 0.3) is 11.4 Å². The molecule has 0 N–H and O–H groups in total. The van der Waals surface area contributed by atoms with Crippen LogP contribution in [0.1, 0.15) is 12.5 Å². The summed E-state index contributed by atoms with van der Waals surface area (Å²) in [6, 6.07) is 8.42. The predicted octanol–water partition coefficient (Wildman–Crippen LogP) is 3.42. The van der Waals surface area contributed by atoms with Crippen LogP contribution in [-0.4, -0.2) is 19.3 Å². The standard InChI is InChI=1S/C15H15IN4/c1-2-20-11-12(9-18-20)10-19-8-7-17-15(19)13-3-5-14(16)6-4-13/h3-9,11H,2,10H2,1H3. The minimum absolute atomic E-state index is 0.793. The molecule has 0 unspecified atom stereocenters. The van der Waals surface area contributed by atoms with E-state index >= 15 is 0 Å². The molecular formula is C15H15IN4. The summed E-state index contributed by atoms with van der Waals surface area (Å²) in [7, 11) is 0. The van der Waals surface area contributed by atoms with Crippen LogP contribution in [0.5, 0.6) is 0 Å². The Kier molecular flexibility index (Phi) is 3.86. The molecule has 0 bridgehead atoms. The predicted molar refractivity (Wildman–Crippen MR) is 87.4 cm³/mol. The Bertz CT molecular complexity index is 697. The number of hydrogen-bond donors (Lipinski definition) is 0. The van der Waals surface area contributed by atoms with Gasteiger partial charge in [-0.15, -0.1) is 0 Å². The van der Waals surface area contributed by atoms with Gasteiger partial charge in [0.2, 0.25) is 0 Å². The highest BCUT2D eigenvalue weighted by Gasteiger charge is 2.07. The number of rotatable bonds is 4. The lowest BCUT2D eigenvalue weighted by Crippen LogP contribution is -2.00. The van der Waals surface area contributed by atoms with Crippen LogP contribution >= 0.6 is 22.6 Å². The maximum absolute atomic E-state index is 4.47. The number of imidazole rings is 1. The zero-order chi connectivity index (χ0) is 13.9. The highest BCUT2D eigenvalue weighted by molar-refractivity contribution is 14.1. The summed E-state index contributed by atoms with van der Waals surface area (Å²) >= 11 is 2.31. The van der Waals surface area contributed by atoms with Crippen molar-refractivity contribution in [3.63, 3.8) is 0 Å². The van der Waals surface area contributed by atoms with E-state index in [-0.39, 0.29) is 0 Å². The molecule has 0 fully saturated rings. The molecule has 5 heteroatoms. The maximum atomic E-state index is 4.47. The molecule has 0 saturated carbocycles. The van der Waals surface area contributed by atoms with Crippen LogP contribution in [-0.2, 0) is 13.1 Å². The van der Waals surface area contributed by atoms with Gasteiger partial charge in [-0.05, 0) is 41.6 Å². The zero-order valence-electron chi connectivity index (χ0n) is 11.2. The Hall–Kier alpha value is -1.63. The van der Waals surface area contributed by atoms with Crippen molar-refractivity contribution in [1.29, 1.82) is 0 Å². The molecule has 0 saturated heterocycles. The monoisotopic (exact) mass is 378 g/mol. The lowest BCUT2D eigenvalue weighted by molar-refractivity contribution is 0.658. The molecule has 0 spiro atoms. The molecule has 4 nitrogen and oxygen atoms in total. The molecule has 2 heterocycles. The lowest BCUT2D eigenvalue weighted by atomic mass is 10.2. The SMILES string of the molecule is CCn1cc(Cn2ccnc2-c2ccc(I)cc2)cn1. The Morgan fingerprint density at radius 2 is 2.00 bits per heavy atom. The molecule has 1 aromatic carbocycles. The number of hydrogen-bond acceptors (Lipinski definition) is 2. The van der Waals surface area contributed by atoms with E-state index in [9.17, 15) is 0 Å². The van der Waals surface area contributed by atoms with Crippen molar-refractivity contribution in [2.75, 3.05) is 0 Å². The van der Waals surface area contributed by atoms with Crippen LogP contribution < -0.4 is 0 Å². The highest BCUT2D eigenvalue weighted by Crippen LogP contribution is 2.19.